The van der Waals surface area contributed by atoms with Gasteiger partial charge in [-0.25, -0.2) is 9.78 Å². The Balaban J connectivity index is 1.70. The molecule has 0 fully saturated rings. The molecule has 2 amide bonds. The fraction of sp³-hybridized carbons (Fsp3) is 0.320. The lowest BCUT2D eigenvalue weighted by Crippen LogP contribution is -2.52. The second-order valence-corrected chi connectivity index (χ2v) is 9.38. The SMILES string of the molecule is C[C@H](OCc1ccccc1)[C@@H](NC(=O)OC(C)(C)C)C(=O)Nc1nc(-c2ccccc2)cs1. The highest BCUT2D eigenvalue weighted by Gasteiger charge is 2.30. The van der Waals surface area contributed by atoms with Gasteiger partial charge in [-0.15, -0.1) is 11.3 Å². The van der Waals surface area contributed by atoms with Crippen molar-refractivity contribution < 1.29 is 19.1 Å². The summed E-state index contributed by atoms with van der Waals surface area (Å²) in [5.74, 6) is -0.435. The van der Waals surface area contributed by atoms with E-state index in [1.807, 2.05) is 66.0 Å². The predicted octanol–water partition coefficient (Wildman–Crippen LogP) is 5.25. The molecule has 174 valence electrons. The van der Waals surface area contributed by atoms with E-state index in [4.69, 9.17) is 9.47 Å². The van der Waals surface area contributed by atoms with Crippen LogP contribution < -0.4 is 10.6 Å². The zero-order chi connectivity index (χ0) is 23.8. The Hall–Kier alpha value is -3.23. The van der Waals surface area contributed by atoms with Gasteiger partial charge < -0.3 is 20.1 Å². The molecular weight excluding hydrogens is 438 g/mol. The molecule has 3 rings (SSSR count). The maximum atomic E-state index is 13.1. The molecule has 0 spiro atoms. The number of nitrogens with one attached hydrogen (secondary N) is 2. The van der Waals surface area contributed by atoms with Crippen LogP contribution in [0.1, 0.15) is 33.3 Å². The molecule has 0 unspecified atom stereocenters. The van der Waals surface area contributed by atoms with E-state index in [0.29, 0.717) is 11.7 Å². The summed E-state index contributed by atoms with van der Waals surface area (Å²) >= 11 is 1.31. The molecule has 3 aromatic rings. The Labute approximate surface area is 198 Å². The number of alkyl carbamates (subject to hydrolysis) is 1. The standard InChI is InChI=1S/C25H29N3O4S/c1-17(31-15-18-11-7-5-8-12-18)21(27-24(30)32-25(2,3)4)22(29)28-23-26-20(16-33-23)19-13-9-6-10-14-19/h5-14,16-17,21H,15H2,1-4H3,(H,27,30)(H,26,28,29)/t17-,21+/m0/s1. The number of amides is 2. The number of thiazole rings is 1. The molecule has 0 saturated carbocycles. The quantitative estimate of drug-likeness (QED) is 0.472. The Kier molecular flexibility index (Phi) is 8.19. The number of aromatic nitrogens is 1. The van der Waals surface area contributed by atoms with E-state index in [2.05, 4.69) is 15.6 Å². The fourth-order valence-electron chi connectivity index (χ4n) is 2.98. The average Bonchev–Trinajstić information content (AvgIpc) is 3.24. The van der Waals surface area contributed by atoms with E-state index < -0.39 is 29.7 Å². The van der Waals surface area contributed by atoms with Crippen molar-refractivity contribution in [3.05, 3.63) is 71.6 Å². The number of carbonyl (C=O) groups is 2. The first-order valence-corrected chi connectivity index (χ1v) is 11.6. The molecule has 2 atom stereocenters. The minimum Gasteiger partial charge on any atom is -0.444 e. The van der Waals surface area contributed by atoms with E-state index in [0.717, 1.165) is 16.8 Å². The van der Waals surface area contributed by atoms with Gasteiger partial charge in [0.1, 0.15) is 11.6 Å². The maximum absolute atomic E-state index is 13.1. The van der Waals surface area contributed by atoms with Gasteiger partial charge >= 0.3 is 6.09 Å². The first kappa shape index (κ1) is 24.4. The lowest BCUT2D eigenvalue weighted by Gasteiger charge is -2.26. The van der Waals surface area contributed by atoms with Crippen LogP contribution in [-0.4, -0.2) is 34.7 Å². The number of hydrogen-bond donors (Lipinski definition) is 2. The molecule has 0 saturated heterocycles. The third-order valence-electron chi connectivity index (χ3n) is 4.58. The summed E-state index contributed by atoms with van der Waals surface area (Å²) in [7, 11) is 0. The van der Waals surface area contributed by atoms with Crippen LogP contribution in [0.3, 0.4) is 0 Å². The van der Waals surface area contributed by atoms with Crippen LogP contribution in [0.4, 0.5) is 9.93 Å². The van der Waals surface area contributed by atoms with Gasteiger partial charge in [0.2, 0.25) is 0 Å². The summed E-state index contributed by atoms with van der Waals surface area (Å²) in [5, 5.41) is 7.75. The molecule has 0 bridgehead atoms. The zero-order valence-electron chi connectivity index (χ0n) is 19.2. The van der Waals surface area contributed by atoms with Gasteiger partial charge in [-0.05, 0) is 33.3 Å². The molecule has 0 aliphatic carbocycles. The van der Waals surface area contributed by atoms with Gasteiger partial charge in [0.05, 0.1) is 18.4 Å². The van der Waals surface area contributed by atoms with Crippen LogP contribution in [0.5, 0.6) is 0 Å². The normalized spacial score (nSPS) is 13.1. The summed E-state index contributed by atoms with van der Waals surface area (Å²) in [6.45, 7) is 7.33. The number of rotatable bonds is 8. The van der Waals surface area contributed by atoms with E-state index in [1.54, 1.807) is 27.7 Å². The summed E-state index contributed by atoms with van der Waals surface area (Å²) in [4.78, 5) is 30.0. The number of ether oxygens (including phenoxy) is 2. The van der Waals surface area contributed by atoms with Gasteiger partial charge in [-0.3, -0.25) is 4.79 Å². The molecule has 2 N–H and O–H groups in total. The second kappa shape index (κ2) is 11.1. The lowest BCUT2D eigenvalue weighted by molar-refractivity contribution is -0.122. The first-order valence-electron chi connectivity index (χ1n) is 10.7. The third-order valence-corrected chi connectivity index (χ3v) is 5.34. The average molecular weight is 468 g/mol. The van der Waals surface area contributed by atoms with Crippen molar-refractivity contribution in [3.63, 3.8) is 0 Å². The van der Waals surface area contributed by atoms with Crippen LogP contribution in [0.15, 0.2) is 66.0 Å². The number of anilines is 1. The maximum Gasteiger partial charge on any atom is 0.408 e. The van der Waals surface area contributed by atoms with Gasteiger partial charge in [-0.1, -0.05) is 60.7 Å². The molecule has 0 aliphatic rings. The van der Waals surface area contributed by atoms with Gasteiger partial charge in [0, 0.05) is 10.9 Å². The highest BCUT2D eigenvalue weighted by molar-refractivity contribution is 7.14. The predicted molar refractivity (Wildman–Crippen MR) is 130 cm³/mol. The smallest absolute Gasteiger partial charge is 0.408 e. The van der Waals surface area contributed by atoms with Crippen molar-refractivity contribution in [2.45, 2.75) is 52.0 Å². The largest absolute Gasteiger partial charge is 0.444 e. The topological polar surface area (TPSA) is 89.5 Å². The van der Waals surface area contributed by atoms with Crippen molar-refractivity contribution in [1.29, 1.82) is 0 Å². The molecule has 33 heavy (non-hydrogen) atoms. The van der Waals surface area contributed by atoms with Crippen LogP contribution in [0.25, 0.3) is 11.3 Å². The monoisotopic (exact) mass is 467 g/mol. The summed E-state index contributed by atoms with van der Waals surface area (Å²) < 4.78 is 11.3. The van der Waals surface area contributed by atoms with Crippen molar-refractivity contribution in [2.24, 2.45) is 0 Å². The van der Waals surface area contributed by atoms with Crippen molar-refractivity contribution in [2.75, 3.05) is 5.32 Å². The molecule has 0 aliphatic heterocycles. The summed E-state index contributed by atoms with van der Waals surface area (Å²) in [6, 6.07) is 18.3. The van der Waals surface area contributed by atoms with E-state index in [9.17, 15) is 9.59 Å². The summed E-state index contributed by atoms with van der Waals surface area (Å²) in [6.07, 6.45) is -1.31. The Morgan fingerprint density at radius 2 is 1.67 bits per heavy atom. The molecule has 1 aromatic heterocycles. The van der Waals surface area contributed by atoms with Crippen LogP contribution in [0, 0.1) is 0 Å². The van der Waals surface area contributed by atoms with E-state index >= 15 is 0 Å². The van der Waals surface area contributed by atoms with E-state index in [-0.39, 0.29) is 0 Å². The second-order valence-electron chi connectivity index (χ2n) is 8.52. The number of nitrogens with zero attached hydrogens (tertiary/aromatic N) is 1. The van der Waals surface area contributed by atoms with Crippen molar-refractivity contribution in [1.82, 2.24) is 10.3 Å². The minimum absolute atomic E-state index is 0.303. The molecule has 2 aromatic carbocycles. The Bertz CT molecular complexity index is 1050. The van der Waals surface area contributed by atoms with Gasteiger partial charge in [0.25, 0.3) is 5.91 Å². The summed E-state index contributed by atoms with van der Waals surface area (Å²) in [5.41, 5.74) is 1.99. The highest BCUT2D eigenvalue weighted by Crippen LogP contribution is 2.25. The van der Waals surface area contributed by atoms with Crippen molar-refractivity contribution in [3.8, 4) is 11.3 Å². The van der Waals surface area contributed by atoms with E-state index in [1.165, 1.54) is 11.3 Å². The molecule has 1 heterocycles. The minimum atomic E-state index is -0.979. The molecule has 0 radical (unpaired) electrons. The van der Waals surface area contributed by atoms with Gasteiger partial charge in [-0.2, -0.15) is 0 Å². The van der Waals surface area contributed by atoms with Crippen LogP contribution in [-0.2, 0) is 20.9 Å². The Morgan fingerprint density at radius 3 is 2.30 bits per heavy atom. The number of benzene rings is 2. The first-order chi connectivity index (χ1) is 15.7. The third kappa shape index (κ3) is 7.69. The molecule has 8 heteroatoms. The Morgan fingerprint density at radius 1 is 1.03 bits per heavy atom. The fourth-order valence-corrected chi connectivity index (χ4v) is 3.71. The van der Waals surface area contributed by atoms with Gasteiger partial charge in [0.15, 0.2) is 5.13 Å². The zero-order valence-corrected chi connectivity index (χ0v) is 20.0. The van der Waals surface area contributed by atoms with Crippen molar-refractivity contribution >= 4 is 28.5 Å². The van der Waals surface area contributed by atoms with Crippen LogP contribution in [0.2, 0.25) is 0 Å². The number of hydrogen-bond acceptors (Lipinski definition) is 6. The highest BCUT2D eigenvalue weighted by atomic mass is 32.1. The molecule has 7 nitrogen and oxygen atoms in total. The van der Waals surface area contributed by atoms with Crippen LogP contribution >= 0.6 is 11.3 Å². The molecular formula is C25H29N3O4S. The lowest BCUT2D eigenvalue weighted by atomic mass is 10.1. The number of carbonyl (C=O) groups excluding carboxylic acids is 2.